The molecule has 1 N–H and O–H groups in total. The molecule has 0 bridgehead atoms. The van der Waals surface area contributed by atoms with Gasteiger partial charge in [0.05, 0.1) is 5.75 Å². The molecule has 134 valence electrons. The zero-order chi connectivity index (χ0) is 17.3. The molecule has 1 aliphatic carbocycles. The first-order chi connectivity index (χ1) is 10.6. The number of sulfonamides is 1. The van der Waals surface area contributed by atoms with Crippen molar-refractivity contribution < 1.29 is 17.9 Å². The number of nitrogens with one attached hydrogen (secondary N) is 1. The number of amides is 1. The van der Waals surface area contributed by atoms with Crippen molar-refractivity contribution >= 4 is 16.1 Å². The Morgan fingerprint density at radius 1 is 1.26 bits per heavy atom. The summed E-state index contributed by atoms with van der Waals surface area (Å²) >= 11 is 0. The molecule has 1 aliphatic heterocycles. The van der Waals surface area contributed by atoms with E-state index in [0.29, 0.717) is 13.1 Å². The van der Waals surface area contributed by atoms with Crippen LogP contribution in [-0.2, 0) is 14.8 Å². The summed E-state index contributed by atoms with van der Waals surface area (Å²) in [5, 5.41) is 0. The molecule has 7 heteroatoms. The molecule has 0 aromatic rings. The molecule has 2 rings (SSSR count). The van der Waals surface area contributed by atoms with Crippen LogP contribution in [0.1, 0.15) is 59.8 Å². The number of carbonyl (C=O) groups excluding carboxylic acids is 1. The topological polar surface area (TPSA) is 75.7 Å². The van der Waals surface area contributed by atoms with E-state index in [2.05, 4.69) is 4.72 Å². The number of carbonyl (C=O) groups is 1. The van der Waals surface area contributed by atoms with E-state index in [0.717, 1.165) is 32.1 Å². The van der Waals surface area contributed by atoms with Gasteiger partial charge < -0.3 is 9.64 Å². The van der Waals surface area contributed by atoms with Gasteiger partial charge in [-0.25, -0.2) is 17.9 Å². The summed E-state index contributed by atoms with van der Waals surface area (Å²) in [6, 6.07) is 0.00763. The molecular weight excluding hydrogens is 316 g/mol. The number of nitrogens with zero attached hydrogens (tertiary/aromatic N) is 1. The van der Waals surface area contributed by atoms with E-state index in [1.165, 1.54) is 0 Å². The van der Waals surface area contributed by atoms with E-state index in [-0.39, 0.29) is 23.3 Å². The minimum Gasteiger partial charge on any atom is -0.444 e. The molecule has 1 atom stereocenters. The predicted molar refractivity (Wildman–Crippen MR) is 89.7 cm³/mol. The first-order valence-corrected chi connectivity index (χ1v) is 10.2. The summed E-state index contributed by atoms with van der Waals surface area (Å²) in [6.07, 6.45) is 4.38. The Morgan fingerprint density at radius 2 is 1.87 bits per heavy atom. The van der Waals surface area contributed by atoms with Gasteiger partial charge in [0.25, 0.3) is 0 Å². The average molecular weight is 346 g/mol. The van der Waals surface area contributed by atoms with Crippen LogP contribution in [0.5, 0.6) is 0 Å². The normalized spacial score (nSPS) is 24.9. The molecule has 0 aromatic heterocycles. The molecule has 0 aromatic carbocycles. The van der Waals surface area contributed by atoms with Crippen LogP contribution in [0.25, 0.3) is 0 Å². The lowest BCUT2D eigenvalue weighted by Gasteiger charge is -2.43. The first kappa shape index (κ1) is 18.5. The number of ether oxygens (including phenoxy) is 1. The third-order valence-corrected chi connectivity index (χ3v) is 6.42. The molecule has 2 aliphatic rings. The fourth-order valence-corrected chi connectivity index (χ4v) is 4.65. The second-order valence-electron chi connectivity index (χ2n) is 7.80. The van der Waals surface area contributed by atoms with Gasteiger partial charge in [-0.2, -0.15) is 0 Å². The molecule has 0 unspecified atom stereocenters. The highest BCUT2D eigenvalue weighted by molar-refractivity contribution is 7.89. The van der Waals surface area contributed by atoms with Crippen LogP contribution < -0.4 is 4.72 Å². The van der Waals surface area contributed by atoms with E-state index in [1.54, 1.807) is 11.8 Å². The number of hydrogen-bond acceptors (Lipinski definition) is 4. The van der Waals surface area contributed by atoms with E-state index in [4.69, 9.17) is 4.74 Å². The number of rotatable bonds is 3. The van der Waals surface area contributed by atoms with Gasteiger partial charge in [0.2, 0.25) is 10.0 Å². The largest absolute Gasteiger partial charge is 0.444 e. The van der Waals surface area contributed by atoms with Crippen molar-refractivity contribution in [3.8, 4) is 0 Å². The van der Waals surface area contributed by atoms with Crippen molar-refractivity contribution in [2.45, 2.75) is 71.4 Å². The Hall–Kier alpha value is -0.820. The lowest BCUT2D eigenvalue weighted by molar-refractivity contribution is 0.00819. The van der Waals surface area contributed by atoms with Crippen LogP contribution in [0.4, 0.5) is 4.79 Å². The van der Waals surface area contributed by atoms with E-state index in [1.807, 2.05) is 20.8 Å². The van der Waals surface area contributed by atoms with Gasteiger partial charge in [-0.1, -0.05) is 6.42 Å². The number of hydrogen-bond donors (Lipinski definition) is 1. The summed E-state index contributed by atoms with van der Waals surface area (Å²) in [5.74, 6) is 0.115. The van der Waals surface area contributed by atoms with Gasteiger partial charge >= 0.3 is 6.09 Å². The van der Waals surface area contributed by atoms with Crippen molar-refractivity contribution in [1.82, 2.24) is 9.62 Å². The quantitative estimate of drug-likeness (QED) is 0.852. The standard InChI is InChI=1S/C16H30N2O4S/c1-5-23(20,21)17-13-7-6-8-16(13)9-11-18(12-10-16)14(19)22-15(2,3)4/h13,17H,5-12H2,1-4H3/t13-/m0/s1. The fourth-order valence-electron chi connectivity index (χ4n) is 3.68. The van der Waals surface area contributed by atoms with Crippen LogP contribution in [0.2, 0.25) is 0 Å². The van der Waals surface area contributed by atoms with Crippen molar-refractivity contribution in [3.05, 3.63) is 0 Å². The second kappa shape index (κ2) is 6.59. The maximum atomic E-state index is 12.2. The smallest absolute Gasteiger partial charge is 0.410 e. The Morgan fingerprint density at radius 3 is 2.39 bits per heavy atom. The van der Waals surface area contributed by atoms with E-state index in [9.17, 15) is 13.2 Å². The molecule has 1 amide bonds. The van der Waals surface area contributed by atoms with Crippen molar-refractivity contribution in [2.75, 3.05) is 18.8 Å². The van der Waals surface area contributed by atoms with Crippen LogP contribution in [0.3, 0.4) is 0 Å². The van der Waals surface area contributed by atoms with Crippen LogP contribution in [0, 0.1) is 5.41 Å². The minimum absolute atomic E-state index is 0.000747. The zero-order valence-electron chi connectivity index (χ0n) is 14.7. The Balaban J connectivity index is 1.98. The Labute approximate surface area is 140 Å². The van der Waals surface area contributed by atoms with E-state index < -0.39 is 15.6 Å². The third kappa shape index (κ3) is 4.59. The van der Waals surface area contributed by atoms with Crippen LogP contribution in [-0.4, -0.2) is 49.9 Å². The molecule has 1 heterocycles. The van der Waals surface area contributed by atoms with Gasteiger partial charge in [0, 0.05) is 19.1 Å². The molecule has 6 nitrogen and oxygen atoms in total. The summed E-state index contributed by atoms with van der Waals surface area (Å²) in [5.41, 5.74) is -0.486. The second-order valence-corrected chi connectivity index (χ2v) is 9.84. The highest BCUT2D eigenvalue weighted by Crippen LogP contribution is 2.46. The highest BCUT2D eigenvalue weighted by atomic mass is 32.2. The minimum atomic E-state index is -3.19. The van der Waals surface area contributed by atoms with Crippen LogP contribution >= 0.6 is 0 Å². The van der Waals surface area contributed by atoms with Gasteiger partial charge in [-0.05, 0) is 58.8 Å². The predicted octanol–water partition coefficient (Wildman–Crippen LogP) is 2.50. The monoisotopic (exact) mass is 346 g/mol. The third-order valence-electron chi connectivity index (χ3n) is 5.02. The average Bonchev–Trinajstić information content (AvgIpc) is 2.80. The molecule has 1 spiro atoms. The maximum absolute atomic E-state index is 12.2. The summed E-state index contributed by atoms with van der Waals surface area (Å²) in [4.78, 5) is 13.9. The molecule has 1 saturated heterocycles. The van der Waals surface area contributed by atoms with E-state index >= 15 is 0 Å². The number of likely N-dealkylation sites (tertiary alicyclic amines) is 1. The zero-order valence-corrected chi connectivity index (χ0v) is 15.5. The molecular formula is C16H30N2O4S. The van der Waals surface area contributed by atoms with Gasteiger partial charge in [-0.3, -0.25) is 0 Å². The van der Waals surface area contributed by atoms with Gasteiger partial charge in [0.1, 0.15) is 5.60 Å². The molecule has 2 fully saturated rings. The molecule has 0 radical (unpaired) electrons. The first-order valence-electron chi connectivity index (χ1n) is 8.55. The summed E-state index contributed by atoms with van der Waals surface area (Å²) < 4.78 is 32.1. The van der Waals surface area contributed by atoms with Crippen LogP contribution in [0.15, 0.2) is 0 Å². The SMILES string of the molecule is CCS(=O)(=O)N[C@H]1CCCC12CCN(C(=O)OC(C)(C)C)CC2. The maximum Gasteiger partial charge on any atom is 0.410 e. The Bertz CT molecular complexity index is 531. The lowest BCUT2D eigenvalue weighted by Crippen LogP contribution is -2.52. The highest BCUT2D eigenvalue weighted by Gasteiger charge is 2.46. The van der Waals surface area contributed by atoms with Gasteiger partial charge in [-0.15, -0.1) is 0 Å². The molecule has 23 heavy (non-hydrogen) atoms. The fraction of sp³-hybridized carbons (Fsp3) is 0.938. The summed E-state index contributed by atoms with van der Waals surface area (Å²) in [6.45, 7) is 8.53. The van der Waals surface area contributed by atoms with Crippen molar-refractivity contribution in [1.29, 1.82) is 0 Å². The lowest BCUT2D eigenvalue weighted by atomic mass is 9.74. The number of piperidine rings is 1. The van der Waals surface area contributed by atoms with Crippen molar-refractivity contribution in [3.63, 3.8) is 0 Å². The Kier molecular flexibility index (Phi) is 5.31. The van der Waals surface area contributed by atoms with Crippen molar-refractivity contribution in [2.24, 2.45) is 5.41 Å². The van der Waals surface area contributed by atoms with Gasteiger partial charge in [0.15, 0.2) is 0 Å². The molecule has 1 saturated carbocycles. The summed E-state index contributed by atoms with van der Waals surface area (Å²) in [7, 11) is -3.19.